The van der Waals surface area contributed by atoms with Crippen LogP contribution in [0.3, 0.4) is 0 Å². The molecule has 24 heavy (non-hydrogen) atoms. The van der Waals surface area contributed by atoms with Gasteiger partial charge in [0.25, 0.3) is 0 Å². The second-order valence-electron chi connectivity index (χ2n) is 6.46. The number of nitrogens with zero attached hydrogens (tertiary/aromatic N) is 3. The number of carboxylic acid groups (broad SMARTS) is 1. The Labute approximate surface area is 142 Å². The first-order valence-electron chi connectivity index (χ1n) is 8.73. The van der Waals surface area contributed by atoms with Crippen molar-refractivity contribution in [2.75, 3.05) is 19.6 Å². The van der Waals surface area contributed by atoms with Crippen LogP contribution in [0.25, 0.3) is 0 Å². The zero-order valence-corrected chi connectivity index (χ0v) is 14.2. The lowest BCUT2D eigenvalue weighted by atomic mass is 9.91. The summed E-state index contributed by atoms with van der Waals surface area (Å²) in [6.07, 6.45) is 7.27. The van der Waals surface area contributed by atoms with E-state index in [1.54, 1.807) is 12.1 Å². The highest BCUT2D eigenvalue weighted by Gasteiger charge is 2.21. The predicted molar refractivity (Wildman–Crippen MR) is 93.4 cm³/mol. The molecular formula is C19H25N3O2. The van der Waals surface area contributed by atoms with Gasteiger partial charge in [-0.2, -0.15) is 5.10 Å². The van der Waals surface area contributed by atoms with E-state index in [9.17, 15) is 9.90 Å². The Morgan fingerprint density at radius 3 is 2.71 bits per heavy atom. The number of likely N-dealkylation sites (tertiary alicyclic amines) is 1. The van der Waals surface area contributed by atoms with Crippen LogP contribution in [-0.4, -0.2) is 45.4 Å². The Morgan fingerprint density at radius 2 is 2.04 bits per heavy atom. The zero-order valence-electron chi connectivity index (χ0n) is 14.2. The van der Waals surface area contributed by atoms with E-state index in [0.717, 1.165) is 51.0 Å². The molecule has 5 heteroatoms. The number of aryl methyl sites for hydroxylation is 1. The van der Waals surface area contributed by atoms with Crippen molar-refractivity contribution in [3.63, 3.8) is 0 Å². The summed E-state index contributed by atoms with van der Waals surface area (Å²) in [6, 6.07) is 7.32. The highest BCUT2D eigenvalue weighted by Crippen LogP contribution is 2.27. The van der Waals surface area contributed by atoms with E-state index in [4.69, 9.17) is 0 Å². The number of rotatable bonds is 6. The molecule has 0 saturated carbocycles. The molecule has 2 heterocycles. The second-order valence-corrected chi connectivity index (χ2v) is 6.46. The molecule has 0 unspecified atom stereocenters. The van der Waals surface area contributed by atoms with Crippen molar-refractivity contribution >= 4 is 5.97 Å². The van der Waals surface area contributed by atoms with Crippen molar-refractivity contribution in [1.29, 1.82) is 0 Å². The van der Waals surface area contributed by atoms with Crippen molar-refractivity contribution in [1.82, 2.24) is 14.7 Å². The van der Waals surface area contributed by atoms with E-state index >= 15 is 0 Å². The van der Waals surface area contributed by atoms with Crippen LogP contribution in [-0.2, 0) is 13.0 Å². The minimum atomic E-state index is -0.836. The first kappa shape index (κ1) is 16.7. The number of hydrogen-bond acceptors (Lipinski definition) is 3. The molecule has 0 amide bonds. The van der Waals surface area contributed by atoms with E-state index in [0.29, 0.717) is 11.5 Å². The van der Waals surface area contributed by atoms with Gasteiger partial charge in [0.15, 0.2) is 0 Å². The summed E-state index contributed by atoms with van der Waals surface area (Å²) in [6.45, 7) is 6.08. The summed E-state index contributed by atoms with van der Waals surface area (Å²) in [4.78, 5) is 13.7. The highest BCUT2D eigenvalue weighted by atomic mass is 16.4. The molecule has 1 aliphatic rings. The molecule has 0 bridgehead atoms. The van der Waals surface area contributed by atoms with Gasteiger partial charge in [0.2, 0.25) is 0 Å². The van der Waals surface area contributed by atoms with Gasteiger partial charge in [-0.1, -0.05) is 18.2 Å². The van der Waals surface area contributed by atoms with Crippen LogP contribution in [0, 0.1) is 0 Å². The van der Waals surface area contributed by atoms with Crippen molar-refractivity contribution in [3.8, 4) is 0 Å². The van der Waals surface area contributed by atoms with Gasteiger partial charge in [-0.3, -0.25) is 4.68 Å². The fourth-order valence-corrected chi connectivity index (χ4v) is 3.48. The molecule has 0 spiro atoms. The van der Waals surface area contributed by atoms with E-state index < -0.39 is 5.97 Å². The summed E-state index contributed by atoms with van der Waals surface area (Å²) < 4.78 is 1.99. The van der Waals surface area contributed by atoms with Gasteiger partial charge in [0, 0.05) is 19.3 Å². The summed E-state index contributed by atoms with van der Waals surface area (Å²) in [5, 5.41) is 13.6. The number of benzene rings is 1. The van der Waals surface area contributed by atoms with Crippen molar-refractivity contribution in [2.24, 2.45) is 0 Å². The monoisotopic (exact) mass is 327 g/mol. The number of carbonyl (C=O) groups is 1. The predicted octanol–water partition coefficient (Wildman–Crippen LogP) is 3.02. The van der Waals surface area contributed by atoms with Gasteiger partial charge in [0.05, 0.1) is 11.8 Å². The van der Waals surface area contributed by atoms with Gasteiger partial charge in [-0.15, -0.1) is 0 Å². The molecule has 3 rings (SSSR count). The molecule has 1 aromatic heterocycles. The van der Waals surface area contributed by atoms with E-state index in [2.05, 4.69) is 23.1 Å². The number of hydrogen-bond donors (Lipinski definition) is 1. The summed E-state index contributed by atoms with van der Waals surface area (Å²) in [5.74, 6) is -0.231. The fraction of sp³-hybridized carbons (Fsp3) is 0.474. The normalized spacial score (nSPS) is 16.4. The average Bonchev–Trinajstić information content (AvgIpc) is 3.10. The number of aromatic nitrogens is 2. The third-order valence-corrected chi connectivity index (χ3v) is 4.98. The van der Waals surface area contributed by atoms with Crippen LogP contribution >= 0.6 is 0 Å². The Balaban J connectivity index is 1.52. The van der Waals surface area contributed by atoms with E-state index in [-0.39, 0.29) is 0 Å². The number of aromatic carboxylic acids is 1. The first-order valence-corrected chi connectivity index (χ1v) is 8.73. The molecule has 0 aliphatic carbocycles. The van der Waals surface area contributed by atoms with Crippen LogP contribution in [0.15, 0.2) is 36.7 Å². The first-order chi connectivity index (χ1) is 11.7. The smallest absolute Gasteiger partial charge is 0.335 e. The topological polar surface area (TPSA) is 58.4 Å². The van der Waals surface area contributed by atoms with Crippen LogP contribution < -0.4 is 0 Å². The van der Waals surface area contributed by atoms with Crippen molar-refractivity contribution < 1.29 is 9.90 Å². The minimum Gasteiger partial charge on any atom is -0.478 e. The van der Waals surface area contributed by atoms with Crippen molar-refractivity contribution in [2.45, 2.75) is 38.6 Å². The molecule has 2 aromatic rings. The molecule has 0 atom stereocenters. The molecule has 1 saturated heterocycles. The number of carboxylic acids is 1. The van der Waals surface area contributed by atoms with E-state index in [1.165, 1.54) is 5.56 Å². The lowest BCUT2D eigenvalue weighted by Crippen LogP contribution is -2.34. The third kappa shape index (κ3) is 3.85. The van der Waals surface area contributed by atoms with Crippen molar-refractivity contribution in [3.05, 3.63) is 53.3 Å². The summed E-state index contributed by atoms with van der Waals surface area (Å²) in [7, 11) is 0. The molecule has 0 radical (unpaired) electrons. The van der Waals surface area contributed by atoms with Crippen LogP contribution in [0.5, 0.6) is 0 Å². The maximum absolute atomic E-state index is 11.3. The zero-order chi connectivity index (χ0) is 16.9. The lowest BCUT2D eigenvalue weighted by Gasteiger charge is -2.31. The summed E-state index contributed by atoms with van der Waals surface area (Å²) in [5.41, 5.74) is 2.71. The third-order valence-electron chi connectivity index (χ3n) is 4.98. The van der Waals surface area contributed by atoms with Gasteiger partial charge >= 0.3 is 5.97 Å². The largest absolute Gasteiger partial charge is 0.478 e. The Kier molecular flexibility index (Phi) is 5.30. The maximum Gasteiger partial charge on any atom is 0.335 e. The van der Waals surface area contributed by atoms with Gasteiger partial charge < -0.3 is 10.0 Å². The van der Waals surface area contributed by atoms with E-state index in [1.807, 2.05) is 23.0 Å². The standard InChI is InChI=1S/C19H25N3O2/c1-2-22-14-17(13-20-22)15-7-10-21(11-8-15)12-9-16-5-3-4-6-18(16)19(23)24/h3-6,13-15H,2,7-12H2,1H3,(H,23,24). The van der Waals surface area contributed by atoms with Crippen LogP contribution in [0.1, 0.15) is 47.2 Å². The van der Waals surface area contributed by atoms with Gasteiger partial charge in [-0.05, 0) is 62.4 Å². The van der Waals surface area contributed by atoms with Crippen LogP contribution in [0.4, 0.5) is 0 Å². The average molecular weight is 327 g/mol. The van der Waals surface area contributed by atoms with Gasteiger partial charge in [0.1, 0.15) is 0 Å². The van der Waals surface area contributed by atoms with Crippen LogP contribution in [0.2, 0.25) is 0 Å². The molecule has 1 N–H and O–H groups in total. The van der Waals surface area contributed by atoms with Gasteiger partial charge in [-0.25, -0.2) is 4.79 Å². The fourth-order valence-electron chi connectivity index (χ4n) is 3.48. The molecule has 1 aliphatic heterocycles. The molecule has 128 valence electrons. The number of piperidine rings is 1. The highest BCUT2D eigenvalue weighted by molar-refractivity contribution is 5.89. The molecule has 1 fully saturated rings. The Hall–Kier alpha value is -2.14. The quantitative estimate of drug-likeness (QED) is 0.886. The second kappa shape index (κ2) is 7.62. The Bertz CT molecular complexity index is 687. The molecule has 1 aromatic carbocycles. The Morgan fingerprint density at radius 1 is 1.29 bits per heavy atom. The lowest BCUT2D eigenvalue weighted by molar-refractivity contribution is 0.0695. The summed E-state index contributed by atoms with van der Waals surface area (Å²) >= 11 is 0. The minimum absolute atomic E-state index is 0.430. The molecular weight excluding hydrogens is 302 g/mol. The molecule has 5 nitrogen and oxygen atoms in total. The SMILES string of the molecule is CCn1cc(C2CCN(CCc3ccccc3C(=O)O)CC2)cn1. The maximum atomic E-state index is 11.3.